The molecule has 3 N–H and O–H groups in total. The van der Waals surface area contributed by atoms with E-state index in [9.17, 15) is 0 Å². The fraction of sp³-hybridized carbons (Fsp3) is 0.290. The van der Waals surface area contributed by atoms with Crippen LogP contribution in [0, 0.1) is 0 Å². The third kappa shape index (κ3) is 8.01. The van der Waals surface area contributed by atoms with Crippen molar-refractivity contribution in [3.63, 3.8) is 0 Å². The molecule has 202 valence electrons. The average Bonchev–Trinajstić information content (AvgIpc) is 2.99. The van der Waals surface area contributed by atoms with E-state index in [2.05, 4.69) is 74.1 Å². The van der Waals surface area contributed by atoms with E-state index in [-0.39, 0.29) is 0 Å². The maximum absolute atomic E-state index is 4.80. The highest BCUT2D eigenvalue weighted by molar-refractivity contribution is 5.99. The molecule has 2 aromatic carbocycles. The van der Waals surface area contributed by atoms with Gasteiger partial charge < -0.3 is 10.2 Å². The lowest BCUT2D eigenvalue weighted by molar-refractivity contribution is 0.669. The largest absolute Gasteiger partial charge is 0.372 e. The van der Waals surface area contributed by atoms with Gasteiger partial charge in [-0.05, 0) is 67.4 Å². The number of unbranched alkanes of at least 4 members (excludes halogenated alkanes) is 2. The maximum Gasteiger partial charge on any atom is 0.227 e. The zero-order chi connectivity index (χ0) is 27.3. The van der Waals surface area contributed by atoms with E-state index in [1.54, 1.807) is 25.6 Å². The molecule has 0 saturated carbocycles. The highest BCUT2D eigenvalue weighted by Gasteiger charge is 2.09. The Morgan fingerprint density at radius 2 is 1.72 bits per heavy atom. The summed E-state index contributed by atoms with van der Waals surface area (Å²) in [7, 11) is 1.74. The number of aromatic nitrogens is 3. The first-order valence-corrected chi connectivity index (χ1v) is 13.6. The molecule has 0 radical (unpaired) electrons. The number of amidine groups is 1. The molecule has 4 aromatic rings. The van der Waals surface area contributed by atoms with Gasteiger partial charge in [0, 0.05) is 61.2 Å². The predicted octanol–water partition coefficient (Wildman–Crippen LogP) is 6.68. The second kappa shape index (κ2) is 14.5. The van der Waals surface area contributed by atoms with Gasteiger partial charge in [0.05, 0.1) is 11.4 Å². The van der Waals surface area contributed by atoms with Crippen molar-refractivity contribution >= 4 is 28.8 Å². The molecule has 2 heterocycles. The average molecular weight is 523 g/mol. The van der Waals surface area contributed by atoms with Gasteiger partial charge in [-0.1, -0.05) is 38.8 Å². The van der Waals surface area contributed by atoms with Gasteiger partial charge in [-0.2, -0.15) is 0 Å². The number of nitrogens with zero attached hydrogens (tertiary/aromatic N) is 5. The molecule has 0 amide bonds. The number of nitrogens with one attached hydrogen (secondary N) is 3. The van der Waals surface area contributed by atoms with Crippen molar-refractivity contribution in [1.82, 2.24) is 20.4 Å². The Morgan fingerprint density at radius 3 is 2.46 bits per heavy atom. The van der Waals surface area contributed by atoms with E-state index in [4.69, 9.17) is 4.98 Å². The lowest BCUT2D eigenvalue weighted by atomic mass is 10.1. The highest BCUT2D eigenvalue weighted by atomic mass is 15.4. The zero-order valence-electron chi connectivity index (χ0n) is 23.1. The first-order chi connectivity index (χ1) is 19.2. The van der Waals surface area contributed by atoms with Crippen LogP contribution in [0.4, 0.5) is 23.0 Å². The Balaban J connectivity index is 1.40. The summed E-state index contributed by atoms with van der Waals surface area (Å²) in [5.74, 6) is 1.26. The summed E-state index contributed by atoms with van der Waals surface area (Å²) in [6.45, 7) is 6.62. The maximum atomic E-state index is 4.80. The summed E-state index contributed by atoms with van der Waals surface area (Å²) < 4.78 is 0. The Kier molecular flexibility index (Phi) is 10.2. The minimum absolute atomic E-state index is 0.557. The highest BCUT2D eigenvalue weighted by Crippen LogP contribution is 2.25. The molecule has 2 aromatic heterocycles. The summed E-state index contributed by atoms with van der Waals surface area (Å²) in [4.78, 5) is 20.2. The van der Waals surface area contributed by atoms with Gasteiger partial charge in [0.15, 0.2) is 0 Å². The second-order valence-electron chi connectivity index (χ2n) is 9.28. The van der Waals surface area contributed by atoms with Crippen LogP contribution in [-0.2, 0) is 0 Å². The van der Waals surface area contributed by atoms with E-state index in [1.165, 1.54) is 24.9 Å². The van der Waals surface area contributed by atoms with Crippen molar-refractivity contribution in [3.8, 4) is 11.3 Å². The van der Waals surface area contributed by atoms with E-state index < -0.39 is 0 Å². The molecule has 0 saturated heterocycles. The molecule has 39 heavy (non-hydrogen) atoms. The van der Waals surface area contributed by atoms with Gasteiger partial charge in [0.2, 0.25) is 5.95 Å². The number of hydrogen-bond donors (Lipinski definition) is 3. The Hall–Kier alpha value is -4.46. The van der Waals surface area contributed by atoms with Crippen molar-refractivity contribution in [3.05, 3.63) is 90.9 Å². The summed E-state index contributed by atoms with van der Waals surface area (Å²) in [5, 5.41) is 3.32. The molecule has 8 nitrogen and oxygen atoms in total. The second-order valence-corrected chi connectivity index (χ2v) is 9.28. The molecular weight excluding hydrogens is 484 g/mol. The first kappa shape index (κ1) is 27.6. The molecule has 4 rings (SSSR count). The number of benzene rings is 2. The van der Waals surface area contributed by atoms with Crippen molar-refractivity contribution in [2.75, 3.05) is 35.8 Å². The van der Waals surface area contributed by atoms with E-state index in [0.717, 1.165) is 47.7 Å². The Morgan fingerprint density at radius 1 is 0.872 bits per heavy atom. The van der Waals surface area contributed by atoms with Gasteiger partial charge >= 0.3 is 0 Å². The number of rotatable bonds is 13. The summed E-state index contributed by atoms with van der Waals surface area (Å²) in [5.41, 5.74) is 12.2. The molecule has 0 fully saturated rings. The monoisotopic (exact) mass is 522 g/mol. The SMILES string of the molecule is CCCCCN(CCC)c1cccc(-c2ccnc(Nc3ccc(NNC(=NC)c4cccnc4)cc3)n2)c1. The third-order valence-corrected chi connectivity index (χ3v) is 6.31. The van der Waals surface area contributed by atoms with Gasteiger partial charge in [0.1, 0.15) is 5.84 Å². The van der Waals surface area contributed by atoms with Crippen LogP contribution in [0.15, 0.2) is 90.3 Å². The number of hydrazine groups is 1. The fourth-order valence-corrected chi connectivity index (χ4v) is 4.29. The van der Waals surface area contributed by atoms with Crippen molar-refractivity contribution < 1.29 is 0 Å². The number of aliphatic imine (C=N–C) groups is 1. The lowest BCUT2D eigenvalue weighted by Crippen LogP contribution is -2.30. The molecule has 0 aliphatic heterocycles. The van der Waals surface area contributed by atoms with Crippen LogP contribution in [0.2, 0.25) is 0 Å². The molecular formula is C31H38N8. The zero-order valence-corrected chi connectivity index (χ0v) is 23.1. The number of anilines is 4. The van der Waals surface area contributed by atoms with E-state index in [0.29, 0.717) is 11.8 Å². The fourth-order valence-electron chi connectivity index (χ4n) is 4.29. The lowest BCUT2D eigenvalue weighted by Gasteiger charge is -2.25. The molecule has 0 unspecified atom stereocenters. The summed E-state index contributed by atoms with van der Waals surface area (Å²) >= 11 is 0. The Labute approximate surface area is 231 Å². The normalized spacial score (nSPS) is 11.2. The van der Waals surface area contributed by atoms with Crippen molar-refractivity contribution in [1.29, 1.82) is 0 Å². The summed E-state index contributed by atoms with van der Waals surface area (Å²) in [6, 6.07) is 22.4. The van der Waals surface area contributed by atoms with Crippen molar-refractivity contribution in [2.24, 2.45) is 4.99 Å². The molecule has 0 bridgehead atoms. The van der Waals surface area contributed by atoms with Crippen LogP contribution in [0.3, 0.4) is 0 Å². The van der Waals surface area contributed by atoms with Gasteiger partial charge in [-0.15, -0.1) is 0 Å². The minimum atomic E-state index is 0.557. The predicted molar refractivity (Wildman–Crippen MR) is 163 cm³/mol. The Bertz CT molecular complexity index is 1320. The quantitative estimate of drug-likeness (QED) is 0.0781. The van der Waals surface area contributed by atoms with E-state index in [1.807, 2.05) is 42.5 Å². The topological polar surface area (TPSA) is 90.4 Å². The van der Waals surface area contributed by atoms with Crippen molar-refractivity contribution in [2.45, 2.75) is 39.5 Å². The van der Waals surface area contributed by atoms with Gasteiger partial charge in [0.25, 0.3) is 0 Å². The minimum Gasteiger partial charge on any atom is -0.372 e. The van der Waals surface area contributed by atoms with Crippen LogP contribution in [0.25, 0.3) is 11.3 Å². The van der Waals surface area contributed by atoms with Crippen LogP contribution >= 0.6 is 0 Å². The van der Waals surface area contributed by atoms with E-state index >= 15 is 0 Å². The molecule has 8 heteroatoms. The molecule has 0 spiro atoms. The summed E-state index contributed by atoms with van der Waals surface area (Å²) in [6.07, 6.45) is 10.1. The van der Waals surface area contributed by atoms with Crippen LogP contribution in [0.1, 0.15) is 45.1 Å². The van der Waals surface area contributed by atoms with Gasteiger partial charge in [-0.3, -0.25) is 20.8 Å². The van der Waals surface area contributed by atoms with Crippen LogP contribution in [-0.4, -0.2) is 40.9 Å². The molecule has 0 aliphatic carbocycles. The van der Waals surface area contributed by atoms with Crippen LogP contribution < -0.4 is 21.1 Å². The standard InChI is InChI=1S/C31H38N8/c1-4-6-7-21-39(20-5-2)28-12-8-10-24(22-28)29-17-19-34-31(36-29)35-26-13-15-27(16-14-26)37-38-30(32-3)25-11-9-18-33-23-25/h8-19,22-23,37H,4-7,20-21H2,1-3H3,(H,32,38)(H,34,35,36). The smallest absolute Gasteiger partial charge is 0.227 e. The third-order valence-electron chi connectivity index (χ3n) is 6.31. The molecule has 0 atom stereocenters. The number of pyridine rings is 1. The van der Waals surface area contributed by atoms with Gasteiger partial charge in [-0.25, -0.2) is 9.97 Å². The van der Waals surface area contributed by atoms with Crippen LogP contribution in [0.5, 0.6) is 0 Å². The molecule has 0 aliphatic rings. The first-order valence-electron chi connectivity index (χ1n) is 13.6. The number of hydrogen-bond acceptors (Lipinski definition) is 7.